The summed E-state index contributed by atoms with van der Waals surface area (Å²) in [7, 11) is 0. The number of amides is 2. The van der Waals surface area contributed by atoms with Crippen LogP contribution in [0, 0.1) is 0 Å². The van der Waals surface area contributed by atoms with Crippen molar-refractivity contribution in [1.29, 1.82) is 0 Å². The van der Waals surface area contributed by atoms with Crippen LogP contribution >= 0.6 is 0 Å². The quantitative estimate of drug-likeness (QED) is 0.833. The summed E-state index contributed by atoms with van der Waals surface area (Å²) < 4.78 is 0. The van der Waals surface area contributed by atoms with Crippen molar-refractivity contribution in [3.8, 4) is 0 Å². The van der Waals surface area contributed by atoms with Crippen molar-refractivity contribution in [2.75, 3.05) is 6.54 Å². The second kappa shape index (κ2) is 6.92. The first-order valence-corrected chi connectivity index (χ1v) is 7.82. The van der Waals surface area contributed by atoms with Crippen LogP contribution in [0.4, 0.5) is 0 Å². The Labute approximate surface area is 115 Å². The highest BCUT2D eigenvalue weighted by Gasteiger charge is 2.32. The van der Waals surface area contributed by atoms with Crippen molar-refractivity contribution < 1.29 is 9.59 Å². The highest BCUT2D eigenvalue weighted by atomic mass is 16.2. The minimum atomic E-state index is -0.305. The summed E-state index contributed by atoms with van der Waals surface area (Å²) in [5, 5.41) is 2.85. The van der Waals surface area contributed by atoms with Gasteiger partial charge in [0.15, 0.2) is 0 Å². The molecule has 0 aromatic heterocycles. The largest absolute Gasteiger partial charge is 0.344 e. The van der Waals surface area contributed by atoms with Crippen molar-refractivity contribution in [3.63, 3.8) is 0 Å². The molecule has 1 saturated heterocycles. The molecular weight excluding hydrogens is 240 g/mol. The normalized spacial score (nSPS) is 27.4. The number of nitrogens with one attached hydrogen (secondary N) is 1. The minimum Gasteiger partial charge on any atom is -0.344 e. The molecule has 0 spiro atoms. The van der Waals surface area contributed by atoms with Crippen molar-refractivity contribution in [3.05, 3.63) is 0 Å². The molecule has 0 aromatic carbocycles. The molecule has 1 saturated carbocycles. The standard InChI is InChI=1S/C15H26N2O2/c1-2-13-15(19)17(11-10-14(18)16-13)12-8-6-4-3-5-7-9-12/h12-13H,2-11H2,1H3,(H,16,18). The van der Waals surface area contributed by atoms with E-state index in [1.807, 2.05) is 11.8 Å². The van der Waals surface area contributed by atoms with Crippen LogP contribution in [0.15, 0.2) is 0 Å². The fourth-order valence-electron chi connectivity index (χ4n) is 3.25. The van der Waals surface area contributed by atoms with Gasteiger partial charge < -0.3 is 10.2 Å². The van der Waals surface area contributed by atoms with E-state index in [1.54, 1.807) is 0 Å². The molecule has 1 heterocycles. The maximum absolute atomic E-state index is 12.5. The predicted octanol–water partition coefficient (Wildman–Crippen LogP) is 2.23. The molecule has 1 unspecified atom stereocenters. The SMILES string of the molecule is CCC1NC(=O)CCN(C2CCCCCCC2)C1=O. The van der Waals surface area contributed by atoms with Gasteiger partial charge in [-0.2, -0.15) is 0 Å². The Morgan fingerprint density at radius 3 is 2.37 bits per heavy atom. The van der Waals surface area contributed by atoms with Crippen LogP contribution in [0.1, 0.15) is 64.7 Å². The third kappa shape index (κ3) is 3.71. The molecule has 4 heteroatoms. The van der Waals surface area contributed by atoms with E-state index >= 15 is 0 Å². The van der Waals surface area contributed by atoms with Gasteiger partial charge in [0.25, 0.3) is 0 Å². The minimum absolute atomic E-state index is 0.0218. The van der Waals surface area contributed by atoms with Gasteiger partial charge in [-0.05, 0) is 19.3 Å². The lowest BCUT2D eigenvalue weighted by Crippen LogP contribution is -2.48. The topological polar surface area (TPSA) is 49.4 Å². The zero-order chi connectivity index (χ0) is 13.7. The van der Waals surface area contributed by atoms with Gasteiger partial charge in [-0.25, -0.2) is 0 Å². The van der Waals surface area contributed by atoms with Gasteiger partial charge in [-0.3, -0.25) is 9.59 Å². The summed E-state index contributed by atoms with van der Waals surface area (Å²) in [6.45, 7) is 2.57. The van der Waals surface area contributed by atoms with Crippen LogP contribution in [0.2, 0.25) is 0 Å². The Hall–Kier alpha value is -1.06. The van der Waals surface area contributed by atoms with E-state index < -0.39 is 0 Å². The summed E-state index contributed by atoms with van der Waals surface area (Å²) in [4.78, 5) is 26.2. The second-order valence-corrected chi connectivity index (χ2v) is 5.81. The van der Waals surface area contributed by atoms with E-state index in [4.69, 9.17) is 0 Å². The summed E-state index contributed by atoms with van der Waals surface area (Å²) in [6.07, 6.45) is 9.69. The van der Waals surface area contributed by atoms with Gasteiger partial charge >= 0.3 is 0 Å². The van der Waals surface area contributed by atoms with Crippen molar-refractivity contribution in [1.82, 2.24) is 10.2 Å². The Morgan fingerprint density at radius 2 is 1.74 bits per heavy atom. The summed E-state index contributed by atoms with van der Waals surface area (Å²) >= 11 is 0. The predicted molar refractivity (Wildman–Crippen MR) is 74.7 cm³/mol. The summed E-state index contributed by atoms with van der Waals surface area (Å²) in [5.41, 5.74) is 0. The van der Waals surface area contributed by atoms with Crippen molar-refractivity contribution in [2.24, 2.45) is 0 Å². The molecule has 2 amide bonds. The van der Waals surface area contributed by atoms with Gasteiger partial charge in [-0.15, -0.1) is 0 Å². The number of hydrogen-bond acceptors (Lipinski definition) is 2. The average molecular weight is 266 g/mol. The maximum Gasteiger partial charge on any atom is 0.245 e. The molecule has 1 aliphatic heterocycles. The van der Waals surface area contributed by atoms with Crippen LogP contribution in [0.25, 0.3) is 0 Å². The van der Waals surface area contributed by atoms with Gasteiger partial charge in [0, 0.05) is 19.0 Å². The van der Waals surface area contributed by atoms with E-state index in [-0.39, 0.29) is 17.9 Å². The van der Waals surface area contributed by atoms with Gasteiger partial charge in [0.05, 0.1) is 0 Å². The average Bonchev–Trinajstić information content (AvgIpc) is 2.50. The lowest BCUT2D eigenvalue weighted by molar-refractivity contribution is -0.136. The van der Waals surface area contributed by atoms with E-state index in [1.165, 1.54) is 32.1 Å². The van der Waals surface area contributed by atoms with Gasteiger partial charge in [0.2, 0.25) is 11.8 Å². The van der Waals surface area contributed by atoms with E-state index in [9.17, 15) is 9.59 Å². The molecule has 1 aliphatic carbocycles. The molecule has 0 bridgehead atoms. The summed E-state index contributed by atoms with van der Waals surface area (Å²) in [6, 6.07) is 0.0509. The Balaban J connectivity index is 2.06. The molecule has 0 radical (unpaired) electrons. The lowest BCUT2D eigenvalue weighted by atomic mass is 9.95. The number of carbonyl (C=O) groups excluding carboxylic acids is 2. The Morgan fingerprint density at radius 1 is 1.11 bits per heavy atom. The molecule has 0 aromatic rings. The molecule has 1 N–H and O–H groups in total. The van der Waals surface area contributed by atoms with Gasteiger partial charge in [0.1, 0.15) is 6.04 Å². The molecular formula is C15H26N2O2. The zero-order valence-corrected chi connectivity index (χ0v) is 12.0. The van der Waals surface area contributed by atoms with E-state index in [0.29, 0.717) is 25.4 Å². The highest BCUT2D eigenvalue weighted by molar-refractivity contribution is 5.90. The zero-order valence-electron chi connectivity index (χ0n) is 12.0. The molecule has 19 heavy (non-hydrogen) atoms. The maximum atomic E-state index is 12.5. The molecule has 108 valence electrons. The third-order valence-electron chi connectivity index (χ3n) is 4.42. The molecule has 1 atom stereocenters. The first-order valence-electron chi connectivity index (χ1n) is 7.82. The molecule has 2 aliphatic rings. The van der Waals surface area contributed by atoms with Crippen molar-refractivity contribution in [2.45, 2.75) is 76.8 Å². The third-order valence-corrected chi connectivity index (χ3v) is 4.42. The smallest absolute Gasteiger partial charge is 0.245 e. The second-order valence-electron chi connectivity index (χ2n) is 5.81. The van der Waals surface area contributed by atoms with Crippen LogP contribution in [0.3, 0.4) is 0 Å². The van der Waals surface area contributed by atoms with E-state index in [0.717, 1.165) is 12.8 Å². The highest BCUT2D eigenvalue weighted by Crippen LogP contribution is 2.23. The van der Waals surface area contributed by atoms with Crippen LogP contribution < -0.4 is 5.32 Å². The number of nitrogens with zero attached hydrogens (tertiary/aromatic N) is 1. The fourth-order valence-corrected chi connectivity index (χ4v) is 3.25. The molecule has 2 rings (SSSR count). The van der Waals surface area contributed by atoms with Gasteiger partial charge in [-0.1, -0.05) is 39.0 Å². The number of rotatable bonds is 2. The lowest BCUT2D eigenvalue weighted by Gasteiger charge is -2.33. The Bertz CT molecular complexity index is 322. The molecule has 4 nitrogen and oxygen atoms in total. The Kier molecular flexibility index (Phi) is 5.23. The first kappa shape index (κ1) is 14.4. The fraction of sp³-hybridized carbons (Fsp3) is 0.867. The monoisotopic (exact) mass is 266 g/mol. The van der Waals surface area contributed by atoms with Crippen LogP contribution in [-0.4, -0.2) is 35.3 Å². The molecule has 2 fully saturated rings. The van der Waals surface area contributed by atoms with Crippen LogP contribution in [0.5, 0.6) is 0 Å². The van der Waals surface area contributed by atoms with Crippen LogP contribution in [-0.2, 0) is 9.59 Å². The number of hydrogen-bond donors (Lipinski definition) is 1. The van der Waals surface area contributed by atoms with E-state index in [2.05, 4.69) is 5.32 Å². The first-order chi connectivity index (χ1) is 9.22. The number of carbonyl (C=O) groups is 2. The van der Waals surface area contributed by atoms with Crippen molar-refractivity contribution >= 4 is 11.8 Å². The summed E-state index contributed by atoms with van der Waals surface area (Å²) in [5.74, 6) is 0.160.